The average Bonchev–Trinajstić information content (AvgIpc) is 2.30. The lowest BCUT2D eigenvalue weighted by atomic mass is 11.6. The maximum Gasteiger partial charge on any atom is 0.522 e. The Hall–Kier alpha value is 1.12. The zero-order chi connectivity index (χ0) is 21.3. The van der Waals surface area contributed by atoms with Crippen LogP contribution < -0.4 is 0 Å². The molecule has 0 radical (unpaired) electrons. The second kappa shape index (κ2) is 18.5. The minimum absolute atomic E-state index is 1.34. The quantitative estimate of drug-likeness (QED) is 0.220. The maximum atomic E-state index is 10.7. The third-order valence-electron chi connectivity index (χ3n) is 0.431. The molecule has 156 valence electrons. The van der Waals surface area contributed by atoms with E-state index in [1.807, 2.05) is 0 Å². The van der Waals surface area contributed by atoms with Crippen LogP contribution in [0.2, 0.25) is 0 Å². The number of hydrogen-bond acceptors (Lipinski definition) is 6. The van der Waals surface area contributed by atoms with Crippen molar-refractivity contribution in [3.05, 3.63) is 0 Å². The van der Waals surface area contributed by atoms with Gasteiger partial charge in [0, 0.05) is 75.7 Å². The lowest BCUT2D eigenvalue weighted by Crippen LogP contribution is -2.21. The van der Waals surface area contributed by atoms with Crippen molar-refractivity contribution in [2.75, 3.05) is 0 Å². The van der Waals surface area contributed by atoms with Gasteiger partial charge in [-0.3, -0.25) is 13.7 Å². The van der Waals surface area contributed by atoms with Crippen LogP contribution in [-0.2, 0) is 96.2 Å². The van der Waals surface area contributed by atoms with E-state index in [9.17, 15) is 26.3 Å². The minimum Gasteiger partial charge on any atom is -0.279 e. The Morgan fingerprint density at radius 3 is 1.00 bits per heavy atom. The molecule has 0 amide bonds. The van der Waals surface area contributed by atoms with E-state index in [2.05, 4.69) is 22.4 Å². The van der Waals surface area contributed by atoms with Crippen LogP contribution in [0.25, 0.3) is 0 Å². The molecule has 0 saturated carbocycles. The summed E-state index contributed by atoms with van der Waals surface area (Å²) < 4.78 is 118. The molecule has 25 heavy (non-hydrogen) atoms. The molecule has 0 bridgehead atoms. The molecular formula is C2H4F6O7S10. The molecule has 0 heterocycles. The molecule has 0 aliphatic rings. The van der Waals surface area contributed by atoms with Gasteiger partial charge in [0.25, 0.3) is 0 Å². The number of rotatable bonds is 0. The third kappa shape index (κ3) is 58.7. The van der Waals surface area contributed by atoms with Gasteiger partial charge in [0.05, 0.1) is 0 Å². The van der Waals surface area contributed by atoms with Gasteiger partial charge < -0.3 is 0 Å². The monoisotopic (exact) mass is 574 g/mol. The van der Waals surface area contributed by atoms with E-state index in [0.717, 1.165) is 0 Å². The first-order valence-corrected chi connectivity index (χ1v) is 16.0. The van der Waals surface area contributed by atoms with Crippen LogP contribution in [0.5, 0.6) is 0 Å². The van der Waals surface area contributed by atoms with Gasteiger partial charge in [-0.1, -0.05) is 0 Å². The van der Waals surface area contributed by atoms with Gasteiger partial charge in [0.2, 0.25) is 0 Å². The van der Waals surface area contributed by atoms with Gasteiger partial charge in [0.1, 0.15) is 0 Å². The van der Waals surface area contributed by atoms with E-state index in [-0.39, 0.29) is 0 Å². The molecule has 3 N–H and O–H groups in total. The molecule has 0 aromatic carbocycles. The Labute approximate surface area is 164 Å². The summed E-state index contributed by atoms with van der Waals surface area (Å²) in [7, 11) is -1.38. The van der Waals surface area contributed by atoms with Gasteiger partial charge >= 0.3 is 32.7 Å². The van der Waals surface area contributed by atoms with E-state index in [1.165, 1.54) is 17.8 Å². The molecule has 0 unspecified atom stereocenters. The van der Waals surface area contributed by atoms with E-state index in [4.69, 9.17) is 30.5 Å². The third-order valence-corrected chi connectivity index (χ3v) is 12.1. The van der Waals surface area contributed by atoms with Crippen LogP contribution in [0.15, 0.2) is 0 Å². The maximum absolute atomic E-state index is 10.7. The first kappa shape index (κ1) is 33.7. The fraction of sp³-hybridized carbons (Fsp3) is 1.00. The number of alkyl halides is 6. The van der Waals surface area contributed by atoms with Crippen LogP contribution in [0.4, 0.5) is 26.3 Å². The standard InChI is InChI=1S/CHF3O3S.CHF3.H2O4S.S8/c2-1(3,4)8(5,6)7;2-1(3)4;1-5(2,3)4;1-3-5-7-8-6-4-2/h(H,5,6,7);1H;(H2,1,2,3,4);. The van der Waals surface area contributed by atoms with Crippen molar-refractivity contribution < 1.29 is 56.8 Å². The first-order chi connectivity index (χ1) is 10.9. The molecule has 0 saturated heterocycles. The van der Waals surface area contributed by atoms with Crippen molar-refractivity contribution in [3.8, 4) is 0 Å². The van der Waals surface area contributed by atoms with Gasteiger partial charge in [-0.15, -0.1) is 0 Å². The predicted molar refractivity (Wildman–Crippen MR) is 97.8 cm³/mol. The largest absolute Gasteiger partial charge is 0.522 e. The molecule has 23 heteroatoms. The highest BCUT2D eigenvalue weighted by Crippen LogP contribution is 2.20. The van der Waals surface area contributed by atoms with E-state index in [0.29, 0.717) is 0 Å². The van der Waals surface area contributed by atoms with Crippen molar-refractivity contribution in [3.63, 3.8) is 0 Å². The molecule has 0 atom stereocenters. The molecule has 7 nitrogen and oxygen atoms in total. The lowest BCUT2D eigenvalue weighted by Gasteiger charge is -1.97. The van der Waals surface area contributed by atoms with E-state index < -0.39 is 32.7 Å². The Morgan fingerprint density at radius 1 is 0.760 bits per heavy atom. The van der Waals surface area contributed by atoms with Crippen molar-refractivity contribution in [2.24, 2.45) is 0 Å². The van der Waals surface area contributed by atoms with Gasteiger partial charge in [-0.05, 0) is 0 Å². The minimum atomic E-state index is -5.84. The summed E-state index contributed by atoms with van der Waals surface area (Å²) in [6, 6.07) is 0. The summed E-state index contributed by atoms with van der Waals surface area (Å²) >= 11 is 9.21. The summed E-state index contributed by atoms with van der Waals surface area (Å²) in [5, 5.41) is 0. The Kier molecular flexibility index (Phi) is 24.9. The smallest absolute Gasteiger partial charge is 0.279 e. The SMILES string of the molecule is FC(F)F.O=S(=O)(O)C(F)(F)F.O=S(=O)(O)O.S=S=S=S=S=S=S=S. The molecule has 0 spiro atoms. The topological polar surface area (TPSA) is 129 Å². The van der Waals surface area contributed by atoms with Crippen LogP contribution >= 0.6 is 0 Å². The molecule has 0 aromatic heterocycles. The van der Waals surface area contributed by atoms with E-state index in [1.54, 1.807) is 35.5 Å². The van der Waals surface area contributed by atoms with Crippen molar-refractivity contribution in [2.45, 2.75) is 12.2 Å². The molecule has 0 fully saturated rings. The summed E-state index contributed by atoms with van der Waals surface area (Å²) in [5.74, 6) is 0. The van der Waals surface area contributed by atoms with Gasteiger partial charge in [-0.25, -0.2) is 0 Å². The van der Waals surface area contributed by atoms with E-state index >= 15 is 0 Å². The zero-order valence-corrected chi connectivity index (χ0v) is 18.6. The molecule has 0 rings (SSSR count). The fourth-order valence-corrected chi connectivity index (χ4v) is 11.0. The zero-order valence-electron chi connectivity index (χ0n) is 10.4. The molecule has 0 aliphatic carbocycles. The van der Waals surface area contributed by atoms with Crippen molar-refractivity contribution in [1.29, 1.82) is 0 Å². The van der Waals surface area contributed by atoms with Crippen LogP contribution in [0.3, 0.4) is 0 Å². The highest BCUT2D eigenvalue weighted by atomic mass is 33.4. The normalized spacial score (nSPS) is 10.3. The summed E-state index contributed by atoms with van der Waals surface area (Å²) in [4.78, 5) is 0. The summed E-state index contributed by atoms with van der Waals surface area (Å²) in [6.45, 7) is -3.67. The lowest BCUT2D eigenvalue weighted by molar-refractivity contribution is -0.0510. The second-order valence-electron chi connectivity index (χ2n) is 2.02. The van der Waals surface area contributed by atoms with Crippen molar-refractivity contribution in [1.82, 2.24) is 0 Å². The Morgan fingerprint density at radius 2 is 0.920 bits per heavy atom. The van der Waals surface area contributed by atoms with Crippen LogP contribution in [0.1, 0.15) is 0 Å². The Balaban J connectivity index is -0.000000122. The summed E-state index contributed by atoms with van der Waals surface area (Å²) in [5.41, 5.74) is -5.53. The molecular weight excluding hydrogens is 571 g/mol. The highest BCUT2D eigenvalue weighted by Gasteiger charge is 2.44. The molecule has 0 aromatic rings. The fourth-order valence-electron chi connectivity index (χ4n) is 0.0454. The Bertz CT molecular complexity index is 752. The second-order valence-corrected chi connectivity index (χ2v) is 14.9. The van der Waals surface area contributed by atoms with Crippen molar-refractivity contribution >= 4 is 96.2 Å². The average molecular weight is 575 g/mol. The van der Waals surface area contributed by atoms with Crippen LogP contribution in [0, 0.1) is 0 Å². The molecule has 0 aliphatic heterocycles. The summed E-state index contributed by atoms with van der Waals surface area (Å²) in [6.07, 6.45) is 0. The van der Waals surface area contributed by atoms with Gasteiger partial charge in [0.15, 0.2) is 0 Å². The predicted octanol–water partition coefficient (Wildman–Crippen LogP) is 0.901. The number of halogens is 6. The number of hydrogen-bond donors (Lipinski definition) is 3. The highest BCUT2D eigenvalue weighted by molar-refractivity contribution is 8.70. The first-order valence-electron chi connectivity index (χ1n) is 3.81. The van der Waals surface area contributed by atoms with Crippen LogP contribution in [-0.4, -0.2) is 42.7 Å². The van der Waals surface area contributed by atoms with Gasteiger partial charge in [-0.2, -0.15) is 43.2 Å².